The van der Waals surface area contributed by atoms with E-state index in [4.69, 9.17) is 4.74 Å². The fraction of sp³-hybridized carbons (Fsp3) is 0.176. The second-order valence-electron chi connectivity index (χ2n) is 5.11. The van der Waals surface area contributed by atoms with Gasteiger partial charge < -0.3 is 14.7 Å². The van der Waals surface area contributed by atoms with E-state index in [9.17, 15) is 19.1 Å². The van der Waals surface area contributed by atoms with Crippen molar-refractivity contribution in [1.82, 2.24) is 4.90 Å². The van der Waals surface area contributed by atoms with Crippen LogP contribution in [0.1, 0.15) is 15.9 Å². The molecule has 1 N–H and O–H groups in total. The first kappa shape index (κ1) is 17.9. The molecule has 24 heavy (non-hydrogen) atoms. The summed E-state index contributed by atoms with van der Waals surface area (Å²) in [6.45, 7) is -0.193. The number of benzene rings is 2. The third-order valence-electron chi connectivity index (χ3n) is 3.26. The van der Waals surface area contributed by atoms with Gasteiger partial charge in [0, 0.05) is 18.1 Å². The monoisotopic (exact) mass is 395 g/mol. The minimum atomic E-state index is -0.794. The molecule has 0 bridgehead atoms. The molecule has 0 radical (unpaired) electrons. The van der Waals surface area contributed by atoms with Gasteiger partial charge in [-0.3, -0.25) is 4.79 Å². The Morgan fingerprint density at radius 2 is 1.88 bits per heavy atom. The molecule has 1 amide bonds. The Morgan fingerprint density at radius 3 is 2.54 bits per heavy atom. The number of phenolic OH excluding ortho intramolecular Hbond substituents is 1. The summed E-state index contributed by atoms with van der Waals surface area (Å²) in [7, 11) is 1.55. The fourth-order valence-corrected chi connectivity index (χ4v) is 2.30. The molecule has 0 aromatic heterocycles. The number of aromatic hydroxyl groups is 1. The van der Waals surface area contributed by atoms with Gasteiger partial charge in [0.2, 0.25) is 0 Å². The van der Waals surface area contributed by atoms with E-state index >= 15 is 0 Å². The minimum absolute atomic E-state index is 0.0293. The fourth-order valence-electron chi connectivity index (χ4n) is 1.94. The van der Waals surface area contributed by atoms with Crippen LogP contribution in [0, 0.1) is 5.82 Å². The Labute approximate surface area is 146 Å². The first-order chi connectivity index (χ1) is 11.4. The summed E-state index contributed by atoms with van der Waals surface area (Å²) in [6.07, 6.45) is 0. The predicted molar refractivity (Wildman–Crippen MR) is 89.0 cm³/mol. The van der Waals surface area contributed by atoms with Crippen molar-refractivity contribution in [2.24, 2.45) is 0 Å². The average Bonchev–Trinajstić information content (AvgIpc) is 2.56. The van der Waals surface area contributed by atoms with Crippen molar-refractivity contribution in [3.63, 3.8) is 0 Å². The standard InChI is InChI=1S/C17H15BrFNO4/c1-20(9-11-2-5-13(19)6-3-11)16(22)10-24-17(23)14-8-12(18)4-7-15(14)21/h2-8,21H,9-10H2,1H3. The van der Waals surface area contributed by atoms with E-state index in [2.05, 4.69) is 15.9 Å². The number of halogens is 2. The molecule has 0 fully saturated rings. The summed E-state index contributed by atoms with van der Waals surface area (Å²) in [5.41, 5.74) is 0.724. The second-order valence-corrected chi connectivity index (χ2v) is 6.03. The number of nitrogens with zero attached hydrogens (tertiary/aromatic N) is 1. The summed E-state index contributed by atoms with van der Waals surface area (Å²) < 4.78 is 18.4. The van der Waals surface area contributed by atoms with Crippen LogP contribution < -0.4 is 0 Å². The first-order valence-electron chi connectivity index (χ1n) is 7.01. The molecule has 126 valence electrons. The van der Waals surface area contributed by atoms with Gasteiger partial charge in [-0.2, -0.15) is 0 Å². The lowest BCUT2D eigenvalue weighted by molar-refractivity contribution is -0.133. The number of rotatable bonds is 5. The van der Waals surface area contributed by atoms with Gasteiger partial charge in [0.1, 0.15) is 17.1 Å². The smallest absolute Gasteiger partial charge is 0.342 e. The van der Waals surface area contributed by atoms with Gasteiger partial charge in [-0.1, -0.05) is 28.1 Å². The van der Waals surface area contributed by atoms with Crippen LogP contribution in [-0.2, 0) is 16.1 Å². The highest BCUT2D eigenvalue weighted by atomic mass is 79.9. The maximum absolute atomic E-state index is 12.9. The van der Waals surface area contributed by atoms with E-state index in [0.29, 0.717) is 4.47 Å². The molecule has 5 nitrogen and oxygen atoms in total. The number of likely N-dealkylation sites (N-methyl/N-ethyl adjacent to an activating group) is 1. The summed E-state index contributed by atoms with van der Waals surface area (Å²) >= 11 is 3.19. The first-order valence-corrected chi connectivity index (χ1v) is 7.80. The van der Waals surface area contributed by atoms with Crippen LogP contribution in [0.25, 0.3) is 0 Å². The molecule has 7 heteroatoms. The summed E-state index contributed by atoms with van der Waals surface area (Å²) in [5, 5.41) is 9.65. The average molecular weight is 396 g/mol. The molecular weight excluding hydrogens is 381 g/mol. The van der Waals surface area contributed by atoms with Gasteiger partial charge in [0.15, 0.2) is 6.61 Å². The van der Waals surface area contributed by atoms with E-state index < -0.39 is 18.5 Å². The Morgan fingerprint density at radius 1 is 1.21 bits per heavy atom. The Hall–Kier alpha value is -2.41. The van der Waals surface area contributed by atoms with Crippen molar-refractivity contribution in [2.45, 2.75) is 6.54 Å². The van der Waals surface area contributed by atoms with Gasteiger partial charge in [-0.05, 0) is 35.9 Å². The maximum Gasteiger partial charge on any atom is 0.342 e. The Kier molecular flexibility index (Phi) is 5.92. The van der Waals surface area contributed by atoms with Gasteiger partial charge in [0.05, 0.1) is 0 Å². The molecule has 2 aromatic carbocycles. The Balaban J connectivity index is 1.91. The van der Waals surface area contributed by atoms with E-state index in [1.54, 1.807) is 25.2 Å². The minimum Gasteiger partial charge on any atom is -0.507 e. The zero-order chi connectivity index (χ0) is 17.7. The lowest BCUT2D eigenvalue weighted by Gasteiger charge is -2.17. The maximum atomic E-state index is 12.9. The lowest BCUT2D eigenvalue weighted by Crippen LogP contribution is -2.30. The van der Waals surface area contributed by atoms with Crippen molar-refractivity contribution in [1.29, 1.82) is 0 Å². The number of phenols is 1. The van der Waals surface area contributed by atoms with Crippen molar-refractivity contribution in [2.75, 3.05) is 13.7 Å². The number of amides is 1. The van der Waals surface area contributed by atoms with Gasteiger partial charge in [0.25, 0.3) is 5.91 Å². The van der Waals surface area contributed by atoms with Crippen LogP contribution >= 0.6 is 15.9 Å². The third kappa shape index (κ3) is 4.79. The van der Waals surface area contributed by atoms with Crippen LogP contribution in [0.2, 0.25) is 0 Å². The van der Waals surface area contributed by atoms with Gasteiger partial charge >= 0.3 is 5.97 Å². The molecule has 0 saturated carbocycles. The number of ether oxygens (including phenoxy) is 1. The highest BCUT2D eigenvalue weighted by Gasteiger charge is 2.17. The third-order valence-corrected chi connectivity index (χ3v) is 3.76. The highest BCUT2D eigenvalue weighted by molar-refractivity contribution is 9.10. The van der Waals surface area contributed by atoms with Crippen molar-refractivity contribution in [3.05, 3.63) is 63.9 Å². The second kappa shape index (κ2) is 7.92. The lowest BCUT2D eigenvalue weighted by atomic mass is 10.2. The molecule has 0 saturated heterocycles. The topological polar surface area (TPSA) is 66.8 Å². The highest BCUT2D eigenvalue weighted by Crippen LogP contribution is 2.22. The van der Waals surface area contributed by atoms with Crippen molar-refractivity contribution in [3.8, 4) is 5.75 Å². The molecule has 0 unspecified atom stereocenters. The zero-order valence-electron chi connectivity index (χ0n) is 12.8. The molecule has 2 rings (SSSR count). The van der Waals surface area contributed by atoms with E-state index in [1.807, 2.05) is 0 Å². The van der Waals surface area contributed by atoms with Crippen molar-refractivity contribution >= 4 is 27.8 Å². The number of carbonyl (C=O) groups is 2. The predicted octanol–water partition coefficient (Wildman–Crippen LogP) is 3.11. The Bertz CT molecular complexity index is 749. The van der Waals surface area contributed by atoms with Crippen LogP contribution in [-0.4, -0.2) is 35.5 Å². The van der Waals surface area contributed by atoms with Crippen LogP contribution in [0.5, 0.6) is 5.75 Å². The molecular formula is C17H15BrFNO4. The van der Waals surface area contributed by atoms with Crippen LogP contribution in [0.3, 0.4) is 0 Å². The largest absolute Gasteiger partial charge is 0.507 e. The SMILES string of the molecule is CN(Cc1ccc(F)cc1)C(=O)COC(=O)c1cc(Br)ccc1O. The molecule has 0 aliphatic carbocycles. The molecule has 0 heterocycles. The molecule has 2 aromatic rings. The molecule has 0 spiro atoms. The summed E-state index contributed by atoms with van der Waals surface area (Å²) in [5.74, 6) is -1.79. The summed E-state index contributed by atoms with van der Waals surface area (Å²) in [6, 6.07) is 10.1. The quantitative estimate of drug-likeness (QED) is 0.789. The van der Waals surface area contributed by atoms with Crippen LogP contribution in [0.4, 0.5) is 4.39 Å². The van der Waals surface area contributed by atoms with Crippen molar-refractivity contribution < 1.29 is 23.8 Å². The van der Waals surface area contributed by atoms with Gasteiger partial charge in [-0.25, -0.2) is 9.18 Å². The molecule has 0 atom stereocenters. The number of esters is 1. The zero-order valence-corrected chi connectivity index (χ0v) is 14.4. The van der Waals surface area contributed by atoms with Crippen LogP contribution in [0.15, 0.2) is 46.9 Å². The van der Waals surface area contributed by atoms with E-state index in [0.717, 1.165) is 5.56 Å². The number of hydrogen-bond donors (Lipinski definition) is 1. The molecule has 0 aliphatic rings. The van der Waals surface area contributed by atoms with E-state index in [1.165, 1.54) is 29.2 Å². The molecule has 0 aliphatic heterocycles. The van der Waals surface area contributed by atoms with Gasteiger partial charge in [-0.15, -0.1) is 0 Å². The summed E-state index contributed by atoms with van der Waals surface area (Å²) in [4.78, 5) is 25.3. The van der Waals surface area contributed by atoms with E-state index in [-0.39, 0.29) is 23.7 Å². The normalized spacial score (nSPS) is 10.3. The number of carbonyl (C=O) groups excluding carboxylic acids is 2. The number of hydrogen-bond acceptors (Lipinski definition) is 4.